The van der Waals surface area contributed by atoms with E-state index in [1.807, 2.05) is 0 Å². The lowest BCUT2D eigenvalue weighted by molar-refractivity contribution is -0.136. The molecule has 190 valence electrons. The molecule has 1 aromatic heterocycles. The highest BCUT2D eigenvalue weighted by Gasteiger charge is 2.46. The average molecular weight is 496 g/mol. The lowest BCUT2D eigenvalue weighted by atomic mass is 10.0. The molecule has 4 amide bonds. The quantitative estimate of drug-likeness (QED) is 0.253. The molecular formula is C25H29N5O6. The number of aromatic nitrogens is 3. The number of unbranched alkanes of at least 4 members (excludes halogenated alkanes) is 6. The van der Waals surface area contributed by atoms with E-state index in [2.05, 4.69) is 15.6 Å². The number of imide groups is 2. The predicted molar refractivity (Wildman–Crippen MR) is 126 cm³/mol. The van der Waals surface area contributed by atoms with Gasteiger partial charge in [-0.1, -0.05) is 37.0 Å². The van der Waals surface area contributed by atoms with E-state index in [1.165, 1.54) is 6.07 Å². The zero-order valence-electron chi connectivity index (χ0n) is 20.0. The number of carbonyl (C=O) groups is 5. The van der Waals surface area contributed by atoms with E-state index >= 15 is 0 Å². The fourth-order valence-electron chi connectivity index (χ4n) is 4.48. The second kappa shape index (κ2) is 11.7. The Kier molecular flexibility index (Phi) is 8.19. The van der Waals surface area contributed by atoms with Crippen LogP contribution in [-0.2, 0) is 27.5 Å². The minimum Gasteiger partial charge on any atom is -0.486 e. The van der Waals surface area contributed by atoms with Gasteiger partial charge in [0.25, 0.3) is 11.8 Å². The van der Waals surface area contributed by atoms with Gasteiger partial charge in [0, 0.05) is 19.4 Å². The van der Waals surface area contributed by atoms with Crippen LogP contribution >= 0.6 is 0 Å². The second-order valence-electron chi connectivity index (χ2n) is 8.96. The Labute approximate surface area is 208 Å². The van der Waals surface area contributed by atoms with E-state index in [9.17, 15) is 24.0 Å². The van der Waals surface area contributed by atoms with Crippen molar-refractivity contribution in [3.8, 4) is 5.75 Å². The van der Waals surface area contributed by atoms with Crippen LogP contribution in [0, 0.1) is 0 Å². The van der Waals surface area contributed by atoms with Crippen molar-refractivity contribution in [3.05, 3.63) is 41.2 Å². The van der Waals surface area contributed by atoms with Gasteiger partial charge in [0.1, 0.15) is 30.4 Å². The van der Waals surface area contributed by atoms with E-state index in [-0.39, 0.29) is 36.3 Å². The fourth-order valence-corrected chi connectivity index (χ4v) is 4.48. The van der Waals surface area contributed by atoms with Gasteiger partial charge in [-0.3, -0.25) is 34.1 Å². The zero-order valence-corrected chi connectivity index (χ0v) is 20.0. The number of aryl methyl sites for hydroxylation is 1. The van der Waals surface area contributed by atoms with Gasteiger partial charge in [0.2, 0.25) is 11.8 Å². The summed E-state index contributed by atoms with van der Waals surface area (Å²) in [6.07, 6.45) is 9.85. The maximum atomic E-state index is 13.1. The van der Waals surface area contributed by atoms with Crippen LogP contribution in [0.5, 0.6) is 5.75 Å². The van der Waals surface area contributed by atoms with E-state index in [1.54, 1.807) is 23.0 Å². The summed E-state index contributed by atoms with van der Waals surface area (Å²) in [6, 6.07) is 3.70. The van der Waals surface area contributed by atoms with E-state index in [0.29, 0.717) is 12.1 Å². The van der Waals surface area contributed by atoms with Crippen LogP contribution in [0.25, 0.3) is 0 Å². The van der Waals surface area contributed by atoms with Gasteiger partial charge in [-0.25, -0.2) is 0 Å². The van der Waals surface area contributed by atoms with Gasteiger partial charge >= 0.3 is 0 Å². The summed E-state index contributed by atoms with van der Waals surface area (Å²) in [5, 5.41) is 10.4. The molecule has 36 heavy (non-hydrogen) atoms. The van der Waals surface area contributed by atoms with Crippen LogP contribution < -0.4 is 10.1 Å². The van der Waals surface area contributed by atoms with Crippen LogP contribution in [0.15, 0.2) is 24.4 Å². The standard InChI is InChI=1S/C25H29N5O6/c31-14-7-5-3-1-2-4-6-13-29-15-17(27-28-29)16-36-20-10-8-9-18-22(20)25(35)30(24(18)34)19-11-12-21(32)26-23(19)33/h8-10,14-15,19H,1-7,11-13,16H2,(H,26,32,33). The number of piperidine rings is 1. The molecule has 2 aliphatic rings. The van der Waals surface area contributed by atoms with Gasteiger partial charge in [-0.05, 0) is 31.4 Å². The molecule has 0 bridgehead atoms. The third kappa shape index (κ3) is 5.67. The number of nitrogens with zero attached hydrogens (tertiary/aromatic N) is 4. The Bertz CT molecular complexity index is 1160. The maximum Gasteiger partial charge on any atom is 0.266 e. The van der Waals surface area contributed by atoms with Crippen molar-refractivity contribution in [3.63, 3.8) is 0 Å². The number of aldehydes is 1. The summed E-state index contributed by atoms with van der Waals surface area (Å²) >= 11 is 0. The van der Waals surface area contributed by atoms with Crippen molar-refractivity contribution < 1.29 is 28.7 Å². The average Bonchev–Trinajstić information content (AvgIpc) is 3.42. The van der Waals surface area contributed by atoms with Crippen LogP contribution in [0.3, 0.4) is 0 Å². The number of hydrogen-bond acceptors (Lipinski definition) is 8. The normalized spacial score (nSPS) is 17.3. The maximum absolute atomic E-state index is 13.1. The molecule has 1 N–H and O–H groups in total. The van der Waals surface area contributed by atoms with E-state index < -0.39 is 29.7 Å². The Morgan fingerprint density at radius 1 is 1.03 bits per heavy atom. The second-order valence-corrected chi connectivity index (χ2v) is 8.96. The van der Waals surface area contributed by atoms with Crippen LogP contribution in [-0.4, -0.2) is 55.9 Å². The summed E-state index contributed by atoms with van der Waals surface area (Å²) in [4.78, 5) is 61.0. The van der Waals surface area contributed by atoms with E-state index in [4.69, 9.17) is 4.74 Å². The monoisotopic (exact) mass is 495 g/mol. The van der Waals surface area contributed by atoms with E-state index in [0.717, 1.165) is 56.3 Å². The number of ether oxygens (including phenoxy) is 1. The van der Waals surface area contributed by atoms with Gasteiger partial charge in [-0.2, -0.15) is 0 Å². The minimum absolute atomic E-state index is 0.0598. The highest BCUT2D eigenvalue weighted by Crippen LogP contribution is 2.33. The number of benzene rings is 1. The Hall–Kier alpha value is -3.89. The molecule has 4 rings (SSSR count). The molecule has 1 saturated heterocycles. The van der Waals surface area contributed by atoms with Gasteiger partial charge in [0.15, 0.2) is 0 Å². The summed E-state index contributed by atoms with van der Waals surface area (Å²) in [6.45, 7) is 0.795. The first kappa shape index (κ1) is 25.2. The third-order valence-electron chi connectivity index (χ3n) is 6.35. The molecule has 1 unspecified atom stereocenters. The Balaban J connectivity index is 1.31. The van der Waals surface area contributed by atoms with Crippen molar-refractivity contribution >= 4 is 29.9 Å². The van der Waals surface area contributed by atoms with Crippen LogP contribution in [0.1, 0.15) is 84.2 Å². The highest BCUT2D eigenvalue weighted by atomic mass is 16.5. The number of nitrogens with one attached hydrogen (secondary N) is 1. The summed E-state index contributed by atoms with van der Waals surface area (Å²) < 4.78 is 7.59. The van der Waals surface area contributed by atoms with Crippen molar-refractivity contribution in [2.24, 2.45) is 0 Å². The van der Waals surface area contributed by atoms with Crippen molar-refractivity contribution in [2.75, 3.05) is 0 Å². The lowest BCUT2D eigenvalue weighted by Crippen LogP contribution is -2.54. The number of amides is 4. The van der Waals surface area contributed by atoms with Gasteiger partial charge in [-0.15, -0.1) is 5.10 Å². The van der Waals surface area contributed by atoms with Crippen molar-refractivity contribution in [1.29, 1.82) is 0 Å². The molecule has 3 heterocycles. The smallest absolute Gasteiger partial charge is 0.266 e. The number of rotatable bonds is 13. The molecule has 1 fully saturated rings. The number of carbonyl (C=O) groups excluding carboxylic acids is 5. The summed E-state index contributed by atoms with van der Waals surface area (Å²) in [7, 11) is 0. The summed E-state index contributed by atoms with van der Waals surface area (Å²) in [5.41, 5.74) is 0.852. The Morgan fingerprint density at radius 3 is 2.58 bits per heavy atom. The van der Waals surface area contributed by atoms with Crippen LogP contribution in [0.4, 0.5) is 0 Å². The van der Waals surface area contributed by atoms with Gasteiger partial charge in [0.05, 0.1) is 17.3 Å². The molecule has 0 saturated carbocycles. The number of hydrogen-bond donors (Lipinski definition) is 1. The molecule has 1 atom stereocenters. The van der Waals surface area contributed by atoms with Crippen molar-refractivity contribution in [1.82, 2.24) is 25.2 Å². The third-order valence-corrected chi connectivity index (χ3v) is 6.35. The first-order valence-electron chi connectivity index (χ1n) is 12.3. The highest BCUT2D eigenvalue weighted by molar-refractivity contribution is 6.24. The minimum atomic E-state index is -1.03. The largest absolute Gasteiger partial charge is 0.486 e. The first-order valence-corrected chi connectivity index (χ1v) is 12.3. The van der Waals surface area contributed by atoms with Crippen LogP contribution in [0.2, 0.25) is 0 Å². The van der Waals surface area contributed by atoms with Gasteiger partial charge < -0.3 is 9.53 Å². The molecule has 11 nitrogen and oxygen atoms in total. The molecule has 2 aliphatic heterocycles. The Morgan fingerprint density at radius 2 is 1.81 bits per heavy atom. The molecule has 0 aliphatic carbocycles. The zero-order chi connectivity index (χ0) is 25.5. The SMILES string of the molecule is O=CCCCCCCCCn1cc(COc2cccc3c2C(=O)N(C2CCC(=O)NC2=O)C3=O)nn1. The van der Waals surface area contributed by atoms with Crippen molar-refractivity contribution in [2.45, 2.75) is 77.0 Å². The molecule has 1 aromatic carbocycles. The predicted octanol–water partition coefficient (Wildman–Crippen LogP) is 2.19. The molecule has 11 heteroatoms. The molecule has 2 aromatic rings. The fraction of sp³-hybridized carbons (Fsp3) is 0.480. The summed E-state index contributed by atoms with van der Waals surface area (Å²) in [5.74, 6) is -2.04. The number of fused-ring (bicyclic) bond motifs is 1. The molecule has 0 spiro atoms. The molecule has 0 radical (unpaired) electrons. The lowest BCUT2D eigenvalue weighted by Gasteiger charge is -2.27. The topological polar surface area (TPSA) is 141 Å². The molecular weight excluding hydrogens is 466 g/mol. The first-order chi connectivity index (χ1) is 17.5.